The molecule has 0 radical (unpaired) electrons. The van der Waals surface area contributed by atoms with Gasteiger partial charge < -0.3 is 10.1 Å². The molecule has 1 amide bonds. The molecule has 0 aromatic heterocycles. The lowest BCUT2D eigenvalue weighted by Gasteiger charge is -2.21. The van der Waals surface area contributed by atoms with Gasteiger partial charge >= 0.3 is 5.97 Å². The fourth-order valence-corrected chi connectivity index (χ4v) is 6.66. The normalized spacial score (nSPS) is 13.4. The van der Waals surface area contributed by atoms with Crippen LogP contribution in [0.3, 0.4) is 0 Å². The van der Waals surface area contributed by atoms with Gasteiger partial charge in [0.15, 0.2) is 0 Å². The van der Waals surface area contributed by atoms with Crippen molar-refractivity contribution in [2.24, 2.45) is 0 Å². The Labute approximate surface area is 238 Å². The molecule has 1 heterocycles. The molecular weight excluding hydrogens is 548 g/mol. The number of amides is 1. The van der Waals surface area contributed by atoms with Crippen molar-refractivity contribution in [3.63, 3.8) is 0 Å². The van der Waals surface area contributed by atoms with Gasteiger partial charge in [-0.3, -0.25) is 9.10 Å². The van der Waals surface area contributed by atoms with E-state index in [-0.39, 0.29) is 22.0 Å². The number of fused-ring (bicyclic) bond motifs is 1. The van der Waals surface area contributed by atoms with Gasteiger partial charge in [-0.05, 0) is 67.3 Å². The summed E-state index contributed by atoms with van der Waals surface area (Å²) < 4.78 is 34.3. The SMILES string of the molecule is Cc1ccc(C)c(NC(=O)C(OC(=O)c2ccc(Cl)c(S(=O)(=O)N3CCc4ccccc43)c2)c2ccccc2)c1. The van der Waals surface area contributed by atoms with Crippen LogP contribution in [0, 0.1) is 13.8 Å². The third-order valence-electron chi connectivity index (χ3n) is 6.80. The maximum absolute atomic E-state index is 13.6. The number of nitrogens with one attached hydrogen (secondary N) is 1. The average molecular weight is 575 g/mol. The van der Waals surface area contributed by atoms with E-state index in [0.717, 1.165) is 16.7 Å². The van der Waals surface area contributed by atoms with Gasteiger partial charge in [0, 0.05) is 17.8 Å². The summed E-state index contributed by atoms with van der Waals surface area (Å²) in [5.74, 6) is -1.40. The maximum Gasteiger partial charge on any atom is 0.339 e. The van der Waals surface area contributed by atoms with Crippen LogP contribution >= 0.6 is 11.6 Å². The molecule has 1 atom stereocenters. The Bertz CT molecular complexity index is 1710. The first kappa shape index (κ1) is 27.4. The van der Waals surface area contributed by atoms with Crippen LogP contribution in [0.5, 0.6) is 0 Å². The predicted molar refractivity (Wildman–Crippen MR) is 155 cm³/mol. The van der Waals surface area contributed by atoms with Crippen molar-refractivity contribution in [1.82, 2.24) is 0 Å². The Morgan fingerprint density at radius 1 is 0.925 bits per heavy atom. The standard InChI is InChI=1S/C31H27ClN2O5S/c1-20-12-13-21(2)26(18-20)33-30(35)29(23-9-4-3-5-10-23)39-31(36)24-14-15-25(32)28(19-24)40(37,38)34-17-16-22-8-6-7-11-27(22)34/h3-15,18-19,29H,16-17H2,1-2H3,(H,33,35). The molecule has 1 aliphatic heterocycles. The van der Waals surface area contributed by atoms with Gasteiger partial charge in [0.25, 0.3) is 15.9 Å². The second kappa shape index (κ2) is 11.2. The summed E-state index contributed by atoms with van der Waals surface area (Å²) in [5.41, 5.74) is 4.34. The number of ether oxygens (including phenoxy) is 1. The predicted octanol–water partition coefficient (Wildman–Crippen LogP) is 6.25. The molecule has 0 saturated heterocycles. The van der Waals surface area contributed by atoms with Crippen LogP contribution < -0.4 is 9.62 Å². The van der Waals surface area contributed by atoms with Crippen LogP contribution in [0.15, 0.2) is 95.9 Å². The number of hydrogen-bond acceptors (Lipinski definition) is 5. The molecule has 1 unspecified atom stereocenters. The zero-order valence-corrected chi connectivity index (χ0v) is 23.5. The summed E-state index contributed by atoms with van der Waals surface area (Å²) in [6, 6.07) is 25.5. The first-order chi connectivity index (χ1) is 19.1. The molecule has 9 heteroatoms. The molecule has 0 spiro atoms. The molecule has 0 aliphatic carbocycles. The molecule has 4 aromatic carbocycles. The van der Waals surface area contributed by atoms with E-state index >= 15 is 0 Å². The highest BCUT2D eigenvalue weighted by Crippen LogP contribution is 2.35. The van der Waals surface area contributed by atoms with Crippen molar-refractivity contribution in [2.45, 2.75) is 31.3 Å². The van der Waals surface area contributed by atoms with Gasteiger partial charge in [0.1, 0.15) is 4.90 Å². The van der Waals surface area contributed by atoms with E-state index in [2.05, 4.69) is 5.32 Å². The lowest BCUT2D eigenvalue weighted by Crippen LogP contribution is -2.29. The van der Waals surface area contributed by atoms with Crippen molar-refractivity contribution in [3.05, 3.63) is 124 Å². The molecule has 0 fully saturated rings. The summed E-state index contributed by atoms with van der Waals surface area (Å²) in [5, 5.41) is 2.84. The van der Waals surface area contributed by atoms with Crippen LogP contribution in [0.2, 0.25) is 5.02 Å². The topological polar surface area (TPSA) is 92.8 Å². The number of carbonyl (C=O) groups excluding carboxylic acids is 2. The fourth-order valence-electron chi connectivity index (χ4n) is 4.65. The van der Waals surface area contributed by atoms with Crippen LogP contribution in [0.4, 0.5) is 11.4 Å². The van der Waals surface area contributed by atoms with Crippen molar-refractivity contribution < 1.29 is 22.7 Å². The number of hydrogen-bond donors (Lipinski definition) is 1. The highest BCUT2D eigenvalue weighted by Gasteiger charge is 2.33. The number of sulfonamides is 1. The Hall–Kier alpha value is -4.14. The minimum atomic E-state index is -4.07. The van der Waals surface area contributed by atoms with Crippen molar-refractivity contribution in [3.8, 4) is 0 Å². The maximum atomic E-state index is 13.6. The summed E-state index contributed by atoms with van der Waals surface area (Å²) in [6.45, 7) is 4.05. The second-order valence-corrected chi connectivity index (χ2v) is 11.8. The summed E-state index contributed by atoms with van der Waals surface area (Å²) >= 11 is 6.34. The molecule has 204 valence electrons. The van der Waals surface area contributed by atoms with E-state index in [1.54, 1.807) is 42.5 Å². The van der Waals surface area contributed by atoms with Gasteiger partial charge in [-0.1, -0.05) is 72.3 Å². The molecule has 0 saturated carbocycles. The molecular formula is C31H27ClN2O5S. The Morgan fingerprint density at radius 2 is 1.65 bits per heavy atom. The monoisotopic (exact) mass is 574 g/mol. The quantitative estimate of drug-likeness (QED) is 0.264. The van der Waals surface area contributed by atoms with Gasteiger partial charge in [0.05, 0.1) is 16.3 Å². The minimum Gasteiger partial charge on any atom is -0.444 e. The Kier molecular flexibility index (Phi) is 7.65. The third kappa shape index (κ3) is 5.46. The number of para-hydroxylation sites is 1. The second-order valence-electron chi connectivity index (χ2n) is 9.60. The number of esters is 1. The third-order valence-corrected chi connectivity index (χ3v) is 9.09. The number of halogens is 1. The highest BCUT2D eigenvalue weighted by molar-refractivity contribution is 7.93. The van der Waals surface area contributed by atoms with E-state index in [1.165, 1.54) is 22.5 Å². The first-order valence-corrected chi connectivity index (χ1v) is 14.5. The molecule has 0 bridgehead atoms. The molecule has 40 heavy (non-hydrogen) atoms. The fraction of sp³-hybridized carbons (Fsp3) is 0.161. The lowest BCUT2D eigenvalue weighted by molar-refractivity contribution is -0.125. The van der Waals surface area contributed by atoms with Gasteiger partial charge in [-0.2, -0.15) is 0 Å². The first-order valence-electron chi connectivity index (χ1n) is 12.7. The number of nitrogens with zero attached hydrogens (tertiary/aromatic N) is 1. The van der Waals surface area contributed by atoms with Crippen molar-refractivity contribution in [2.75, 3.05) is 16.2 Å². The summed E-state index contributed by atoms with van der Waals surface area (Å²) in [6.07, 6.45) is -0.710. The Morgan fingerprint density at radius 3 is 2.42 bits per heavy atom. The number of carbonyl (C=O) groups is 2. The smallest absolute Gasteiger partial charge is 0.339 e. The van der Waals surface area contributed by atoms with Gasteiger partial charge in [-0.25, -0.2) is 13.2 Å². The number of anilines is 2. The molecule has 5 rings (SSSR count). The van der Waals surface area contributed by atoms with Crippen molar-refractivity contribution in [1.29, 1.82) is 0 Å². The minimum absolute atomic E-state index is 0.0202. The van der Waals surface area contributed by atoms with Crippen LogP contribution in [-0.2, 0) is 26.0 Å². The molecule has 4 aromatic rings. The van der Waals surface area contributed by atoms with E-state index in [0.29, 0.717) is 23.4 Å². The van der Waals surface area contributed by atoms with Crippen LogP contribution in [-0.4, -0.2) is 26.8 Å². The average Bonchev–Trinajstić information content (AvgIpc) is 3.39. The zero-order valence-electron chi connectivity index (χ0n) is 21.9. The lowest BCUT2D eigenvalue weighted by atomic mass is 10.1. The molecule has 1 aliphatic rings. The molecule has 7 nitrogen and oxygen atoms in total. The largest absolute Gasteiger partial charge is 0.444 e. The van der Waals surface area contributed by atoms with E-state index < -0.39 is 28.0 Å². The van der Waals surface area contributed by atoms with Gasteiger partial charge in [0.2, 0.25) is 6.10 Å². The van der Waals surface area contributed by atoms with Crippen molar-refractivity contribution >= 4 is 44.9 Å². The summed E-state index contributed by atoms with van der Waals surface area (Å²) in [4.78, 5) is 26.6. The summed E-state index contributed by atoms with van der Waals surface area (Å²) in [7, 11) is -4.07. The van der Waals surface area contributed by atoms with Crippen LogP contribution in [0.1, 0.15) is 38.7 Å². The van der Waals surface area contributed by atoms with E-state index in [9.17, 15) is 18.0 Å². The van der Waals surface area contributed by atoms with E-state index in [4.69, 9.17) is 16.3 Å². The molecule has 1 N–H and O–H groups in total. The number of aryl methyl sites for hydroxylation is 2. The van der Waals surface area contributed by atoms with Crippen LogP contribution in [0.25, 0.3) is 0 Å². The van der Waals surface area contributed by atoms with Gasteiger partial charge in [-0.15, -0.1) is 0 Å². The highest BCUT2D eigenvalue weighted by atomic mass is 35.5. The Balaban J connectivity index is 1.44. The number of benzene rings is 4. The zero-order chi connectivity index (χ0) is 28.4. The number of rotatable bonds is 7. The van der Waals surface area contributed by atoms with E-state index in [1.807, 2.05) is 44.2 Å².